The van der Waals surface area contributed by atoms with E-state index in [2.05, 4.69) is 4.98 Å². The lowest BCUT2D eigenvalue weighted by molar-refractivity contribution is -0.139. The SMILES string of the molecule is CCOc1ccc([C@@H]2/C(=C(\O)c3ccc4c(c3)OCCO4)C(=O)C(=O)N2CCCn2ccnc2)cc1. The first-order chi connectivity index (χ1) is 17.6. The molecule has 36 heavy (non-hydrogen) atoms. The Balaban J connectivity index is 1.52. The molecular weight excluding hydrogens is 462 g/mol. The molecule has 186 valence electrons. The van der Waals surface area contributed by atoms with Crippen LogP contribution in [0.1, 0.15) is 30.5 Å². The molecule has 2 aliphatic rings. The van der Waals surface area contributed by atoms with Gasteiger partial charge in [0.05, 0.1) is 24.5 Å². The van der Waals surface area contributed by atoms with Gasteiger partial charge in [-0.3, -0.25) is 9.59 Å². The molecule has 0 radical (unpaired) electrons. The fraction of sp³-hybridized carbons (Fsp3) is 0.296. The summed E-state index contributed by atoms with van der Waals surface area (Å²) in [6.07, 6.45) is 5.86. The maximum Gasteiger partial charge on any atom is 0.295 e. The van der Waals surface area contributed by atoms with E-state index in [4.69, 9.17) is 14.2 Å². The van der Waals surface area contributed by atoms with Crippen LogP contribution in [0, 0.1) is 0 Å². The second-order valence-electron chi connectivity index (χ2n) is 8.51. The summed E-state index contributed by atoms with van der Waals surface area (Å²) in [4.78, 5) is 32.0. The highest BCUT2D eigenvalue weighted by Crippen LogP contribution is 2.41. The zero-order chi connectivity index (χ0) is 25.1. The van der Waals surface area contributed by atoms with Crippen molar-refractivity contribution >= 4 is 17.4 Å². The summed E-state index contributed by atoms with van der Waals surface area (Å²) in [6, 6.07) is 11.5. The standard InChI is InChI=1S/C27H27N3O6/c1-2-34-20-7-4-18(5-8-20)24-23(25(31)19-6-9-21-22(16-19)36-15-14-35-21)26(32)27(33)30(24)12-3-11-29-13-10-28-17-29/h4-10,13,16-17,24,31H,2-3,11-12,14-15H2,1H3/b25-23+/t24-/m1/s1. The van der Waals surface area contributed by atoms with E-state index >= 15 is 0 Å². The first-order valence-corrected chi connectivity index (χ1v) is 11.9. The fourth-order valence-corrected chi connectivity index (χ4v) is 4.56. The van der Waals surface area contributed by atoms with Gasteiger partial charge >= 0.3 is 0 Å². The van der Waals surface area contributed by atoms with Gasteiger partial charge < -0.3 is 28.8 Å². The molecule has 3 aromatic rings. The number of ether oxygens (including phenoxy) is 3. The van der Waals surface area contributed by atoms with Crippen molar-refractivity contribution < 1.29 is 28.9 Å². The zero-order valence-electron chi connectivity index (χ0n) is 19.9. The largest absolute Gasteiger partial charge is 0.507 e. The van der Waals surface area contributed by atoms with E-state index in [0.29, 0.717) is 67.7 Å². The highest BCUT2D eigenvalue weighted by molar-refractivity contribution is 6.46. The maximum absolute atomic E-state index is 13.3. The lowest BCUT2D eigenvalue weighted by Crippen LogP contribution is -2.31. The third kappa shape index (κ3) is 4.51. The van der Waals surface area contributed by atoms with Gasteiger partial charge in [-0.15, -0.1) is 0 Å². The molecule has 2 aliphatic heterocycles. The predicted octanol–water partition coefficient (Wildman–Crippen LogP) is 3.57. The smallest absolute Gasteiger partial charge is 0.295 e. The number of carbonyl (C=O) groups is 2. The zero-order valence-corrected chi connectivity index (χ0v) is 19.9. The van der Waals surface area contributed by atoms with Gasteiger partial charge in [0.25, 0.3) is 11.7 Å². The molecule has 0 unspecified atom stereocenters. The topological polar surface area (TPSA) is 103 Å². The summed E-state index contributed by atoms with van der Waals surface area (Å²) in [5, 5.41) is 11.3. The molecule has 1 amide bonds. The number of aromatic nitrogens is 2. The Hall–Kier alpha value is -4.27. The van der Waals surface area contributed by atoms with E-state index in [0.717, 1.165) is 0 Å². The Morgan fingerprint density at radius 3 is 2.58 bits per heavy atom. The van der Waals surface area contributed by atoms with Crippen molar-refractivity contribution in [2.75, 3.05) is 26.4 Å². The number of likely N-dealkylation sites (tertiary alicyclic amines) is 1. The second-order valence-corrected chi connectivity index (χ2v) is 8.51. The van der Waals surface area contributed by atoms with Gasteiger partial charge in [-0.2, -0.15) is 0 Å². The van der Waals surface area contributed by atoms with Crippen LogP contribution in [0.15, 0.2) is 66.8 Å². The van der Waals surface area contributed by atoms with Crippen LogP contribution in [0.5, 0.6) is 17.2 Å². The molecule has 1 saturated heterocycles. The number of aliphatic hydroxyl groups is 1. The highest BCUT2D eigenvalue weighted by Gasteiger charge is 2.45. The van der Waals surface area contributed by atoms with Crippen LogP contribution >= 0.6 is 0 Å². The maximum atomic E-state index is 13.3. The van der Waals surface area contributed by atoms with Crippen LogP contribution in [-0.2, 0) is 16.1 Å². The van der Waals surface area contributed by atoms with Crippen molar-refractivity contribution in [1.82, 2.24) is 14.5 Å². The summed E-state index contributed by atoms with van der Waals surface area (Å²) in [5.74, 6) is 0.132. The highest BCUT2D eigenvalue weighted by atomic mass is 16.6. The number of imidazole rings is 1. The average Bonchev–Trinajstić information content (AvgIpc) is 3.51. The molecule has 3 heterocycles. The van der Waals surface area contributed by atoms with Crippen LogP contribution < -0.4 is 14.2 Å². The summed E-state index contributed by atoms with van der Waals surface area (Å²) < 4.78 is 18.7. The number of benzene rings is 2. The Labute approximate surface area is 208 Å². The third-order valence-electron chi connectivity index (χ3n) is 6.24. The van der Waals surface area contributed by atoms with Crippen LogP contribution in [0.2, 0.25) is 0 Å². The number of rotatable bonds is 8. The number of Topliss-reactive ketones (excluding diaryl/α,β-unsaturated/α-hetero) is 1. The van der Waals surface area contributed by atoms with Crippen molar-refractivity contribution in [3.8, 4) is 17.2 Å². The number of ketones is 1. The van der Waals surface area contributed by atoms with E-state index < -0.39 is 17.7 Å². The first kappa shape index (κ1) is 23.5. The number of hydrogen-bond donors (Lipinski definition) is 1. The summed E-state index contributed by atoms with van der Waals surface area (Å²) in [6.45, 7) is 4.23. The molecule has 0 saturated carbocycles. The van der Waals surface area contributed by atoms with Crippen LogP contribution in [0.25, 0.3) is 5.76 Å². The molecule has 2 aromatic carbocycles. The van der Waals surface area contributed by atoms with Crippen molar-refractivity contribution in [3.63, 3.8) is 0 Å². The lowest BCUT2D eigenvalue weighted by Gasteiger charge is -2.26. The number of amides is 1. The van der Waals surface area contributed by atoms with E-state index in [1.807, 2.05) is 29.8 Å². The van der Waals surface area contributed by atoms with Gasteiger partial charge in [-0.1, -0.05) is 12.1 Å². The van der Waals surface area contributed by atoms with Gasteiger partial charge in [0.1, 0.15) is 24.7 Å². The summed E-state index contributed by atoms with van der Waals surface area (Å²) in [7, 11) is 0. The number of aliphatic hydroxyl groups excluding tert-OH is 1. The van der Waals surface area contributed by atoms with Crippen LogP contribution in [0.3, 0.4) is 0 Å². The van der Waals surface area contributed by atoms with E-state index in [-0.39, 0.29) is 11.3 Å². The molecule has 1 atom stereocenters. The minimum Gasteiger partial charge on any atom is -0.507 e. The van der Waals surface area contributed by atoms with Crippen LogP contribution in [-0.4, -0.2) is 57.6 Å². The minimum absolute atomic E-state index is 0.0449. The molecule has 1 fully saturated rings. The summed E-state index contributed by atoms with van der Waals surface area (Å²) in [5.41, 5.74) is 1.13. The number of nitrogens with zero attached hydrogens (tertiary/aromatic N) is 3. The monoisotopic (exact) mass is 489 g/mol. The summed E-state index contributed by atoms with van der Waals surface area (Å²) >= 11 is 0. The molecular formula is C27H27N3O6. The molecule has 0 bridgehead atoms. The Morgan fingerprint density at radius 2 is 1.86 bits per heavy atom. The van der Waals surface area contributed by atoms with E-state index in [1.165, 1.54) is 4.90 Å². The number of carbonyl (C=O) groups excluding carboxylic acids is 2. The molecule has 1 N–H and O–H groups in total. The Morgan fingerprint density at radius 1 is 1.08 bits per heavy atom. The molecule has 5 rings (SSSR count). The quantitative estimate of drug-likeness (QED) is 0.293. The predicted molar refractivity (Wildman–Crippen MR) is 131 cm³/mol. The van der Waals surface area contributed by atoms with Crippen molar-refractivity contribution in [2.45, 2.75) is 25.9 Å². The minimum atomic E-state index is -0.739. The van der Waals surface area contributed by atoms with Crippen LogP contribution in [0.4, 0.5) is 0 Å². The van der Waals surface area contributed by atoms with Gasteiger partial charge in [0.2, 0.25) is 0 Å². The van der Waals surface area contributed by atoms with Gasteiger partial charge in [0.15, 0.2) is 11.5 Å². The third-order valence-corrected chi connectivity index (χ3v) is 6.24. The molecule has 1 aromatic heterocycles. The average molecular weight is 490 g/mol. The molecule has 9 heteroatoms. The Bertz CT molecular complexity index is 1280. The lowest BCUT2D eigenvalue weighted by atomic mass is 9.95. The van der Waals surface area contributed by atoms with Gasteiger partial charge in [-0.25, -0.2) is 4.98 Å². The van der Waals surface area contributed by atoms with Crippen molar-refractivity contribution in [2.24, 2.45) is 0 Å². The molecule has 0 spiro atoms. The van der Waals surface area contributed by atoms with E-state index in [1.54, 1.807) is 42.9 Å². The van der Waals surface area contributed by atoms with E-state index in [9.17, 15) is 14.7 Å². The Kier molecular flexibility index (Phi) is 6.62. The number of aryl methyl sites for hydroxylation is 1. The number of fused-ring (bicyclic) bond motifs is 1. The molecule has 0 aliphatic carbocycles. The van der Waals surface area contributed by atoms with Gasteiger partial charge in [0, 0.05) is 31.0 Å². The fourth-order valence-electron chi connectivity index (χ4n) is 4.56. The first-order valence-electron chi connectivity index (χ1n) is 11.9. The second kappa shape index (κ2) is 10.2. The van der Waals surface area contributed by atoms with Crippen molar-refractivity contribution in [3.05, 3.63) is 77.9 Å². The number of hydrogen-bond acceptors (Lipinski definition) is 7. The molecule has 9 nitrogen and oxygen atoms in total. The normalized spacial score (nSPS) is 18.5. The van der Waals surface area contributed by atoms with Crippen molar-refractivity contribution in [1.29, 1.82) is 0 Å². The van der Waals surface area contributed by atoms with Gasteiger partial charge in [-0.05, 0) is 49.2 Å².